The summed E-state index contributed by atoms with van der Waals surface area (Å²) in [6.45, 7) is 0. The molecule has 0 amide bonds. The molecule has 11 rings (SSSR count). The van der Waals surface area contributed by atoms with E-state index in [4.69, 9.17) is 9.97 Å². The van der Waals surface area contributed by atoms with Gasteiger partial charge in [0, 0.05) is 70.6 Å². The van der Waals surface area contributed by atoms with E-state index in [0.717, 1.165) is 39.5 Å². The van der Waals surface area contributed by atoms with E-state index >= 15 is 0 Å². The van der Waals surface area contributed by atoms with Gasteiger partial charge in [0.15, 0.2) is 5.82 Å². The maximum Gasteiger partial charge on any atom is 0.160 e. The Balaban J connectivity index is 1.18. The summed E-state index contributed by atoms with van der Waals surface area (Å²) in [6, 6.07) is 62.5. The lowest BCUT2D eigenvalue weighted by Crippen LogP contribution is -1.98. The molecule has 4 aromatic heterocycles. The molecule has 11 aromatic rings. The molecule has 0 radical (unpaired) electrons. The zero-order valence-corrected chi connectivity index (χ0v) is 29.3. The van der Waals surface area contributed by atoms with Crippen LogP contribution >= 0.6 is 11.3 Å². The average Bonchev–Trinajstić information content (AvgIpc) is 3.92. The number of hydrogen-bond acceptors (Lipinski definition) is 3. The first-order valence-electron chi connectivity index (χ1n) is 17.8. The van der Waals surface area contributed by atoms with Gasteiger partial charge in [0.2, 0.25) is 0 Å². The minimum atomic E-state index is 0.695. The van der Waals surface area contributed by atoms with Gasteiger partial charge in [-0.1, -0.05) is 115 Å². The molecule has 0 fully saturated rings. The van der Waals surface area contributed by atoms with Crippen molar-refractivity contribution in [3.8, 4) is 45.3 Å². The molecule has 53 heavy (non-hydrogen) atoms. The summed E-state index contributed by atoms with van der Waals surface area (Å²) in [5.41, 5.74) is 10.6. The van der Waals surface area contributed by atoms with Crippen LogP contribution in [0.3, 0.4) is 0 Å². The zero-order valence-electron chi connectivity index (χ0n) is 28.5. The van der Waals surface area contributed by atoms with Crippen molar-refractivity contribution in [2.24, 2.45) is 0 Å². The molecule has 0 spiro atoms. The molecule has 0 N–H and O–H groups in total. The first kappa shape index (κ1) is 29.9. The van der Waals surface area contributed by atoms with Crippen LogP contribution in [0.4, 0.5) is 0 Å². The third-order valence-corrected chi connectivity index (χ3v) is 11.5. The molecule has 5 heteroatoms. The van der Waals surface area contributed by atoms with Crippen LogP contribution in [0.15, 0.2) is 182 Å². The summed E-state index contributed by atoms with van der Waals surface area (Å²) >= 11 is 1.86. The summed E-state index contributed by atoms with van der Waals surface area (Å²) in [5, 5.41) is 6.28. The van der Waals surface area contributed by atoms with Crippen LogP contribution in [0, 0.1) is 0 Å². The van der Waals surface area contributed by atoms with Crippen LogP contribution in [-0.4, -0.2) is 19.1 Å². The lowest BCUT2D eigenvalue weighted by Gasteiger charge is -2.13. The number of benzene rings is 7. The van der Waals surface area contributed by atoms with Gasteiger partial charge in [-0.05, 0) is 60.7 Å². The summed E-state index contributed by atoms with van der Waals surface area (Å²) in [7, 11) is 0. The number of hydrogen-bond donors (Lipinski definition) is 0. The smallest absolute Gasteiger partial charge is 0.160 e. The third-order valence-electron chi connectivity index (χ3n) is 10.4. The Bertz CT molecular complexity index is 3100. The fourth-order valence-electron chi connectivity index (χ4n) is 7.90. The van der Waals surface area contributed by atoms with Gasteiger partial charge in [-0.2, -0.15) is 0 Å². The standard InChI is InChI=1S/C48H30N4S/c1-4-13-31(14-5-1)41-29-42(32-15-6-2-7-16-32)50-48(49-41)33-17-12-20-35(27-33)52-44-30-46-40(36-21-10-11-22-45(36)53-46)28-39(44)37-23-24-43-38(47(37)52)25-26-51(43)34-18-8-3-9-19-34/h1-30H. The SMILES string of the molecule is c1ccc(-c2cc(-c3ccccc3)nc(-c3cccc(-n4c5cc6sc7ccccc7c6cc5c5ccc6c(ccn6-c6ccccc6)c54)c3)n2)cc1. The molecule has 0 atom stereocenters. The van der Waals surface area contributed by atoms with Gasteiger partial charge in [0.1, 0.15) is 0 Å². The van der Waals surface area contributed by atoms with Crippen molar-refractivity contribution in [2.75, 3.05) is 0 Å². The third kappa shape index (κ3) is 4.82. The summed E-state index contributed by atoms with van der Waals surface area (Å²) in [6.07, 6.45) is 2.19. The van der Waals surface area contributed by atoms with Crippen LogP contribution in [0.5, 0.6) is 0 Å². The number of nitrogens with zero attached hydrogens (tertiary/aromatic N) is 4. The molecular formula is C48H30N4S. The van der Waals surface area contributed by atoms with Gasteiger partial charge < -0.3 is 9.13 Å². The number of thiophene rings is 1. The maximum absolute atomic E-state index is 5.18. The summed E-state index contributed by atoms with van der Waals surface area (Å²) in [5.74, 6) is 0.695. The number of fused-ring (bicyclic) bond motifs is 8. The Kier molecular flexibility index (Phi) is 6.69. The second-order valence-corrected chi connectivity index (χ2v) is 14.5. The molecule has 0 saturated heterocycles. The Morgan fingerprint density at radius 1 is 0.396 bits per heavy atom. The van der Waals surface area contributed by atoms with Gasteiger partial charge in [-0.3, -0.25) is 0 Å². The highest BCUT2D eigenvalue weighted by Gasteiger charge is 2.20. The average molecular weight is 695 g/mol. The van der Waals surface area contributed by atoms with E-state index in [1.165, 1.54) is 52.9 Å². The quantitative estimate of drug-likeness (QED) is 0.180. The van der Waals surface area contributed by atoms with E-state index in [-0.39, 0.29) is 0 Å². The van der Waals surface area contributed by atoms with E-state index in [0.29, 0.717) is 5.82 Å². The number of para-hydroxylation sites is 1. The van der Waals surface area contributed by atoms with Gasteiger partial charge in [-0.15, -0.1) is 11.3 Å². The van der Waals surface area contributed by atoms with Crippen molar-refractivity contribution in [2.45, 2.75) is 0 Å². The highest BCUT2D eigenvalue weighted by Crippen LogP contribution is 2.43. The van der Waals surface area contributed by atoms with Crippen molar-refractivity contribution in [1.82, 2.24) is 19.1 Å². The molecule has 248 valence electrons. The Labute approximate surface area is 309 Å². The molecular weight excluding hydrogens is 665 g/mol. The van der Waals surface area contributed by atoms with Crippen molar-refractivity contribution in [1.29, 1.82) is 0 Å². The van der Waals surface area contributed by atoms with E-state index in [1.807, 2.05) is 23.5 Å². The summed E-state index contributed by atoms with van der Waals surface area (Å²) in [4.78, 5) is 10.4. The predicted molar refractivity (Wildman–Crippen MR) is 222 cm³/mol. The van der Waals surface area contributed by atoms with Crippen LogP contribution in [-0.2, 0) is 0 Å². The Morgan fingerprint density at radius 2 is 1.06 bits per heavy atom. The van der Waals surface area contributed by atoms with Crippen LogP contribution in [0.1, 0.15) is 0 Å². The number of rotatable bonds is 5. The van der Waals surface area contributed by atoms with Crippen molar-refractivity contribution >= 4 is 64.2 Å². The minimum Gasteiger partial charge on any atom is -0.316 e. The maximum atomic E-state index is 5.18. The lowest BCUT2D eigenvalue weighted by molar-refractivity contribution is 1.13. The lowest BCUT2D eigenvalue weighted by atomic mass is 10.1. The monoisotopic (exact) mass is 694 g/mol. The molecule has 0 aliphatic rings. The van der Waals surface area contributed by atoms with Crippen molar-refractivity contribution in [3.05, 3.63) is 182 Å². The van der Waals surface area contributed by atoms with Gasteiger partial charge >= 0.3 is 0 Å². The van der Waals surface area contributed by atoms with Gasteiger partial charge in [0.25, 0.3) is 0 Å². The molecule has 0 aliphatic carbocycles. The molecule has 4 nitrogen and oxygen atoms in total. The summed E-state index contributed by atoms with van der Waals surface area (Å²) < 4.78 is 7.32. The number of aromatic nitrogens is 4. The highest BCUT2D eigenvalue weighted by atomic mass is 32.1. The normalized spacial score (nSPS) is 11.8. The van der Waals surface area contributed by atoms with Crippen LogP contribution in [0.25, 0.3) is 98.2 Å². The van der Waals surface area contributed by atoms with E-state index in [2.05, 4.69) is 179 Å². The van der Waals surface area contributed by atoms with E-state index < -0.39 is 0 Å². The molecule has 0 unspecified atom stereocenters. The first-order valence-corrected chi connectivity index (χ1v) is 18.6. The second-order valence-electron chi connectivity index (χ2n) is 13.5. The molecule has 7 aromatic carbocycles. The van der Waals surface area contributed by atoms with Crippen LogP contribution < -0.4 is 0 Å². The second kappa shape index (κ2) is 11.9. The van der Waals surface area contributed by atoms with Crippen LogP contribution in [0.2, 0.25) is 0 Å². The van der Waals surface area contributed by atoms with Crippen molar-refractivity contribution < 1.29 is 0 Å². The first-order chi connectivity index (χ1) is 26.3. The van der Waals surface area contributed by atoms with Crippen molar-refractivity contribution in [3.63, 3.8) is 0 Å². The van der Waals surface area contributed by atoms with E-state index in [9.17, 15) is 0 Å². The highest BCUT2D eigenvalue weighted by molar-refractivity contribution is 7.25. The predicted octanol–water partition coefficient (Wildman–Crippen LogP) is 12.9. The van der Waals surface area contributed by atoms with E-state index in [1.54, 1.807) is 0 Å². The largest absolute Gasteiger partial charge is 0.316 e. The van der Waals surface area contributed by atoms with Gasteiger partial charge in [0.05, 0.1) is 27.9 Å². The molecule has 0 bridgehead atoms. The Hall–Kier alpha value is -6.82. The fraction of sp³-hybridized carbons (Fsp3) is 0. The minimum absolute atomic E-state index is 0.695. The fourth-order valence-corrected chi connectivity index (χ4v) is 9.02. The Morgan fingerprint density at radius 3 is 1.81 bits per heavy atom. The topological polar surface area (TPSA) is 35.6 Å². The molecule has 4 heterocycles. The molecule has 0 saturated carbocycles. The van der Waals surface area contributed by atoms with Gasteiger partial charge in [-0.25, -0.2) is 9.97 Å². The molecule has 0 aliphatic heterocycles. The zero-order chi connectivity index (χ0) is 34.9.